The number of ether oxygens (including phenoxy) is 1. The van der Waals surface area contributed by atoms with Crippen LogP contribution in [0.25, 0.3) is 0 Å². The van der Waals surface area contributed by atoms with Crippen LogP contribution in [0.5, 0.6) is 0 Å². The molecule has 0 aromatic heterocycles. The van der Waals surface area contributed by atoms with E-state index in [0.717, 1.165) is 24.2 Å². The minimum Gasteiger partial charge on any atom is -0.465 e. The normalized spacial score (nSPS) is 18.6. The molecule has 1 saturated carbocycles. The molecule has 0 unspecified atom stereocenters. The number of rotatable bonds is 7. The summed E-state index contributed by atoms with van der Waals surface area (Å²) in [5.41, 5.74) is 3.27. The van der Waals surface area contributed by atoms with E-state index in [1.807, 2.05) is 24.3 Å². The first-order valence-corrected chi connectivity index (χ1v) is 9.36. The fourth-order valence-corrected chi connectivity index (χ4v) is 3.42. The van der Waals surface area contributed by atoms with E-state index >= 15 is 0 Å². The summed E-state index contributed by atoms with van der Waals surface area (Å²) in [6.45, 7) is 2.14. The number of hydrazone groups is 1. The molecule has 0 spiro atoms. The highest BCUT2D eigenvalue weighted by Gasteiger charge is 2.30. The summed E-state index contributed by atoms with van der Waals surface area (Å²) in [6, 6.07) is 7.50. The van der Waals surface area contributed by atoms with Crippen molar-refractivity contribution in [3.8, 4) is 0 Å². The van der Waals surface area contributed by atoms with Crippen molar-refractivity contribution in [3.63, 3.8) is 0 Å². The van der Waals surface area contributed by atoms with Crippen LogP contribution in [0.3, 0.4) is 0 Å². The van der Waals surface area contributed by atoms with Gasteiger partial charge >= 0.3 is 5.97 Å². The Morgan fingerprint density at radius 1 is 1.38 bits per heavy atom. The monoisotopic (exact) mass is 368 g/mol. The van der Waals surface area contributed by atoms with E-state index in [2.05, 4.69) is 10.5 Å². The number of esters is 1. The van der Waals surface area contributed by atoms with Gasteiger partial charge < -0.3 is 4.74 Å². The van der Waals surface area contributed by atoms with Crippen LogP contribution in [0, 0.1) is 5.92 Å². The van der Waals surface area contributed by atoms with Crippen molar-refractivity contribution in [2.45, 2.75) is 37.5 Å². The second kappa shape index (κ2) is 9.69. The molecule has 1 N–H and O–H groups in total. The van der Waals surface area contributed by atoms with Gasteiger partial charge in [0.05, 0.1) is 18.2 Å². The molecule has 1 aliphatic carbocycles. The standard InChI is InChI=1S/C17H21ClN2O3S/c1-2-23-17(22)14-4-3-5-15(14)19-20-16(21)10-11-24-13-8-6-12(18)7-9-13/h6-9,14H,2-5,10-11H2,1H3,(H,20,21)/b19-15-/t14-/m1/s1. The Morgan fingerprint density at radius 3 is 2.83 bits per heavy atom. The summed E-state index contributed by atoms with van der Waals surface area (Å²) < 4.78 is 5.04. The lowest BCUT2D eigenvalue weighted by Gasteiger charge is -2.10. The zero-order valence-corrected chi connectivity index (χ0v) is 15.2. The molecule has 2 rings (SSSR count). The average molecular weight is 369 g/mol. The Bertz CT molecular complexity index is 604. The Balaban J connectivity index is 1.75. The first kappa shape index (κ1) is 18.8. The van der Waals surface area contributed by atoms with E-state index in [1.54, 1.807) is 18.7 Å². The fraction of sp³-hybridized carbons (Fsp3) is 0.471. The van der Waals surface area contributed by atoms with Gasteiger partial charge in [-0.3, -0.25) is 9.59 Å². The topological polar surface area (TPSA) is 67.8 Å². The first-order valence-electron chi connectivity index (χ1n) is 8.00. The summed E-state index contributed by atoms with van der Waals surface area (Å²) in [4.78, 5) is 24.8. The largest absolute Gasteiger partial charge is 0.465 e. The quantitative estimate of drug-likeness (QED) is 0.453. The number of nitrogens with zero attached hydrogens (tertiary/aromatic N) is 1. The smallest absolute Gasteiger partial charge is 0.314 e. The molecule has 0 radical (unpaired) electrons. The van der Waals surface area contributed by atoms with E-state index in [4.69, 9.17) is 16.3 Å². The third kappa shape index (κ3) is 5.83. The van der Waals surface area contributed by atoms with Gasteiger partial charge in [0.25, 0.3) is 0 Å². The van der Waals surface area contributed by atoms with E-state index in [0.29, 0.717) is 29.5 Å². The van der Waals surface area contributed by atoms with E-state index in [-0.39, 0.29) is 17.8 Å². The molecule has 0 bridgehead atoms. The van der Waals surface area contributed by atoms with Gasteiger partial charge in [0, 0.05) is 22.1 Å². The Kier molecular flexibility index (Phi) is 7.59. The summed E-state index contributed by atoms with van der Waals surface area (Å²) in [5, 5.41) is 4.83. The van der Waals surface area contributed by atoms with E-state index in [1.165, 1.54) is 0 Å². The molecular weight excluding hydrogens is 348 g/mol. The van der Waals surface area contributed by atoms with Crippen LogP contribution < -0.4 is 5.43 Å². The summed E-state index contributed by atoms with van der Waals surface area (Å²) in [7, 11) is 0. The molecule has 0 aliphatic heterocycles. The van der Waals surface area contributed by atoms with E-state index < -0.39 is 0 Å². The molecular formula is C17H21ClN2O3S. The lowest BCUT2D eigenvalue weighted by atomic mass is 10.1. The Labute approximate surface area is 151 Å². The zero-order chi connectivity index (χ0) is 17.4. The van der Waals surface area contributed by atoms with Gasteiger partial charge in [0.15, 0.2) is 0 Å². The highest BCUT2D eigenvalue weighted by molar-refractivity contribution is 7.99. The SMILES string of the molecule is CCOC(=O)[C@@H]1CCC/C1=N/NC(=O)CCSc1ccc(Cl)cc1. The van der Waals surface area contributed by atoms with Crippen LogP contribution in [0.4, 0.5) is 0 Å². The van der Waals surface area contributed by atoms with Gasteiger partial charge in [-0.2, -0.15) is 5.10 Å². The summed E-state index contributed by atoms with van der Waals surface area (Å²) in [5.74, 6) is -0.0620. The van der Waals surface area contributed by atoms with Crippen LogP contribution in [0.1, 0.15) is 32.6 Å². The molecule has 1 fully saturated rings. The van der Waals surface area contributed by atoms with Crippen LogP contribution in [-0.2, 0) is 14.3 Å². The molecule has 130 valence electrons. The molecule has 1 aliphatic rings. The minimum absolute atomic E-state index is 0.154. The lowest BCUT2D eigenvalue weighted by molar-refractivity contribution is -0.145. The van der Waals surface area contributed by atoms with E-state index in [9.17, 15) is 9.59 Å². The molecule has 0 heterocycles. The molecule has 7 heteroatoms. The molecule has 1 aromatic carbocycles. The maximum Gasteiger partial charge on any atom is 0.314 e. The molecule has 24 heavy (non-hydrogen) atoms. The number of benzene rings is 1. The Morgan fingerprint density at radius 2 is 2.12 bits per heavy atom. The second-order valence-corrected chi connectivity index (χ2v) is 6.99. The van der Waals surface area contributed by atoms with Crippen molar-refractivity contribution < 1.29 is 14.3 Å². The lowest BCUT2D eigenvalue weighted by Crippen LogP contribution is -2.26. The van der Waals surface area contributed by atoms with Crippen LogP contribution in [0.15, 0.2) is 34.3 Å². The van der Waals surface area contributed by atoms with Gasteiger partial charge in [0.2, 0.25) is 5.91 Å². The molecule has 0 saturated heterocycles. The fourth-order valence-electron chi connectivity index (χ4n) is 2.44. The van der Waals surface area contributed by atoms with Gasteiger partial charge in [-0.15, -0.1) is 11.8 Å². The second-order valence-electron chi connectivity index (χ2n) is 5.39. The maximum absolute atomic E-state index is 11.9. The number of amides is 1. The van der Waals surface area contributed by atoms with Gasteiger partial charge in [-0.25, -0.2) is 5.43 Å². The maximum atomic E-state index is 11.9. The third-order valence-electron chi connectivity index (χ3n) is 3.63. The number of hydrogen-bond donors (Lipinski definition) is 1. The highest BCUT2D eigenvalue weighted by Crippen LogP contribution is 2.24. The zero-order valence-electron chi connectivity index (χ0n) is 13.6. The van der Waals surface area contributed by atoms with Crippen molar-refractivity contribution >= 4 is 41.0 Å². The van der Waals surface area contributed by atoms with Gasteiger partial charge in [-0.1, -0.05) is 11.6 Å². The number of halogens is 1. The van der Waals surface area contributed by atoms with Crippen molar-refractivity contribution in [3.05, 3.63) is 29.3 Å². The number of carbonyl (C=O) groups excluding carboxylic acids is 2. The molecule has 1 amide bonds. The third-order valence-corrected chi connectivity index (χ3v) is 4.90. The minimum atomic E-state index is -0.311. The van der Waals surface area contributed by atoms with Crippen LogP contribution in [-0.4, -0.2) is 29.9 Å². The van der Waals surface area contributed by atoms with Crippen molar-refractivity contribution in [2.24, 2.45) is 11.0 Å². The van der Waals surface area contributed by atoms with Crippen molar-refractivity contribution in [1.82, 2.24) is 5.43 Å². The summed E-state index contributed by atoms with van der Waals surface area (Å²) >= 11 is 7.42. The van der Waals surface area contributed by atoms with Gasteiger partial charge in [0.1, 0.15) is 0 Å². The Hall–Kier alpha value is -1.53. The van der Waals surface area contributed by atoms with Crippen LogP contribution >= 0.6 is 23.4 Å². The highest BCUT2D eigenvalue weighted by atomic mass is 35.5. The molecule has 1 aromatic rings. The van der Waals surface area contributed by atoms with Gasteiger partial charge in [-0.05, 0) is 50.5 Å². The number of carbonyl (C=O) groups is 2. The predicted octanol–water partition coefficient (Wildman–Crippen LogP) is 3.66. The molecule has 5 nitrogen and oxygen atoms in total. The van der Waals surface area contributed by atoms with Crippen molar-refractivity contribution in [1.29, 1.82) is 0 Å². The van der Waals surface area contributed by atoms with Crippen LogP contribution in [0.2, 0.25) is 5.02 Å². The average Bonchev–Trinajstić information content (AvgIpc) is 3.04. The summed E-state index contributed by atoms with van der Waals surface area (Å²) in [6.07, 6.45) is 2.71. The molecule has 1 atom stereocenters. The number of thioether (sulfide) groups is 1. The van der Waals surface area contributed by atoms with Crippen molar-refractivity contribution in [2.75, 3.05) is 12.4 Å². The predicted molar refractivity (Wildman–Crippen MR) is 96.3 cm³/mol. The number of hydrogen-bond acceptors (Lipinski definition) is 5. The number of nitrogens with one attached hydrogen (secondary N) is 1. The first-order chi connectivity index (χ1) is 11.6.